The molecule has 1 fully saturated rings. The first kappa shape index (κ1) is 9.68. The number of halogens is 1. The first-order chi connectivity index (χ1) is 6.84. The normalized spacial score (nSPS) is 21.1. The highest BCUT2D eigenvalue weighted by molar-refractivity contribution is 6.28. The van der Waals surface area contributed by atoms with E-state index in [2.05, 4.69) is 15.3 Å². The van der Waals surface area contributed by atoms with Crippen LogP contribution in [0, 0.1) is 5.92 Å². The second-order valence-corrected chi connectivity index (χ2v) is 3.66. The quantitative estimate of drug-likeness (QED) is 0.775. The number of aromatic nitrogens is 2. The summed E-state index contributed by atoms with van der Waals surface area (Å²) in [6.07, 6.45) is 2.76. The lowest BCUT2D eigenvalue weighted by Crippen LogP contribution is -2.14. The molecule has 4 nitrogen and oxygen atoms in total. The molecule has 1 N–H and O–H groups in total. The van der Waals surface area contributed by atoms with Gasteiger partial charge in [0.15, 0.2) is 0 Å². The van der Waals surface area contributed by atoms with Crippen LogP contribution in [0.25, 0.3) is 0 Å². The van der Waals surface area contributed by atoms with E-state index in [9.17, 15) is 0 Å². The zero-order valence-corrected chi connectivity index (χ0v) is 8.50. The second-order valence-electron chi connectivity index (χ2n) is 3.32. The van der Waals surface area contributed by atoms with Gasteiger partial charge in [0.05, 0.1) is 6.61 Å². The summed E-state index contributed by atoms with van der Waals surface area (Å²) in [5, 5.41) is 3.49. The molecule has 1 aromatic heterocycles. The molecule has 0 saturated carbocycles. The van der Waals surface area contributed by atoms with Gasteiger partial charge >= 0.3 is 0 Å². The molecule has 76 valence electrons. The van der Waals surface area contributed by atoms with Crippen LogP contribution >= 0.6 is 11.6 Å². The summed E-state index contributed by atoms with van der Waals surface area (Å²) >= 11 is 5.65. The van der Waals surface area contributed by atoms with E-state index in [0.717, 1.165) is 32.0 Å². The highest BCUT2D eigenvalue weighted by atomic mass is 35.5. The van der Waals surface area contributed by atoms with Gasteiger partial charge in [0.25, 0.3) is 0 Å². The summed E-state index contributed by atoms with van der Waals surface area (Å²) in [5.41, 5.74) is 0. The molecule has 1 aromatic rings. The lowest BCUT2D eigenvalue weighted by atomic mass is 10.1. The van der Waals surface area contributed by atoms with Crippen molar-refractivity contribution in [2.75, 3.05) is 25.1 Å². The van der Waals surface area contributed by atoms with E-state index in [-0.39, 0.29) is 5.28 Å². The average Bonchev–Trinajstić information content (AvgIpc) is 2.67. The first-order valence-electron chi connectivity index (χ1n) is 4.65. The minimum absolute atomic E-state index is 0.276. The predicted molar refractivity (Wildman–Crippen MR) is 54.5 cm³/mol. The summed E-state index contributed by atoms with van der Waals surface area (Å²) in [5.74, 6) is 1.36. The zero-order chi connectivity index (χ0) is 9.80. The molecule has 0 spiro atoms. The predicted octanol–water partition coefficient (Wildman–Crippen LogP) is 1.58. The molecule has 0 radical (unpaired) electrons. The highest BCUT2D eigenvalue weighted by Crippen LogP contribution is 2.13. The van der Waals surface area contributed by atoms with Crippen LogP contribution in [-0.2, 0) is 4.74 Å². The Hall–Kier alpha value is -0.870. The van der Waals surface area contributed by atoms with Gasteiger partial charge in [0.2, 0.25) is 5.28 Å². The third-order valence-electron chi connectivity index (χ3n) is 2.22. The number of nitrogens with zero attached hydrogens (tertiary/aromatic N) is 2. The van der Waals surface area contributed by atoms with Crippen molar-refractivity contribution in [3.8, 4) is 0 Å². The third kappa shape index (κ3) is 2.56. The minimum atomic E-state index is 0.276. The molecule has 1 atom stereocenters. The second kappa shape index (κ2) is 4.57. The Bertz CT molecular complexity index is 302. The Morgan fingerprint density at radius 2 is 2.57 bits per heavy atom. The van der Waals surface area contributed by atoms with Gasteiger partial charge in [-0.15, -0.1) is 0 Å². The molecular formula is C9H12ClN3O. The molecule has 0 aromatic carbocycles. The van der Waals surface area contributed by atoms with Gasteiger partial charge in [-0.2, -0.15) is 0 Å². The molecule has 1 aliphatic rings. The fourth-order valence-corrected chi connectivity index (χ4v) is 1.57. The molecule has 1 aliphatic heterocycles. The molecule has 0 amide bonds. The van der Waals surface area contributed by atoms with Gasteiger partial charge in [-0.1, -0.05) is 0 Å². The Balaban J connectivity index is 1.85. The maximum atomic E-state index is 5.65. The number of ether oxygens (including phenoxy) is 1. The van der Waals surface area contributed by atoms with Crippen LogP contribution in [0.4, 0.5) is 5.82 Å². The van der Waals surface area contributed by atoms with E-state index < -0.39 is 0 Å². The monoisotopic (exact) mass is 213 g/mol. The van der Waals surface area contributed by atoms with Gasteiger partial charge < -0.3 is 10.1 Å². The van der Waals surface area contributed by atoms with E-state index in [0.29, 0.717) is 5.92 Å². The van der Waals surface area contributed by atoms with Crippen LogP contribution < -0.4 is 5.32 Å². The lowest BCUT2D eigenvalue weighted by molar-refractivity contribution is 0.187. The summed E-state index contributed by atoms with van der Waals surface area (Å²) < 4.78 is 5.27. The fraction of sp³-hybridized carbons (Fsp3) is 0.556. The molecule has 1 saturated heterocycles. The van der Waals surface area contributed by atoms with Gasteiger partial charge in [0, 0.05) is 25.3 Å². The van der Waals surface area contributed by atoms with Crippen LogP contribution in [0.2, 0.25) is 5.28 Å². The molecule has 2 heterocycles. The van der Waals surface area contributed by atoms with Crippen LogP contribution in [0.3, 0.4) is 0 Å². The topological polar surface area (TPSA) is 47.0 Å². The molecule has 1 unspecified atom stereocenters. The molecular weight excluding hydrogens is 202 g/mol. The summed E-state index contributed by atoms with van der Waals surface area (Å²) in [6.45, 7) is 2.59. The van der Waals surface area contributed by atoms with E-state index in [1.165, 1.54) is 0 Å². The van der Waals surface area contributed by atoms with E-state index in [1.807, 2.05) is 6.07 Å². The van der Waals surface area contributed by atoms with Crippen molar-refractivity contribution in [3.63, 3.8) is 0 Å². The van der Waals surface area contributed by atoms with Gasteiger partial charge in [-0.3, -0.25) is 0 Å². The van der Waals surface area contributed by atoms with E-state index >= 15 is 0 Å². The Morgan fingerprint density at radius 1 is 1.64 bits per heavy atom. The molecule has 2 rings (SSSR count). The Kier molecular flexibility index (Phi) is 3.16. The van der Waals surface area contributed by atoms with Crippen molar-refractivity contribution in [2.24, 2.45) is 5.92 Å². The molecule has 5 heteroatoms. The zero-order valence-electron chi connectivity index (χ0n) is 7.74. The standard InChI is InChI=1S/C9H12ClN3O/c10-9-11-3-1-8(13-9)12-5-7-2-4-14-6-7/h1,3,7H,2,4-6H2,(H,11,12,13). The van der Waals surface area contributed by atoms with Crippen molar-refractivity contribution in [3.05, 3.63) is 17.5 Å². The van der Waals surface area contributed by atoms with Crippen molar-refractivity contribution < 1.29 is 4.74 Å². The molecule has 0 aliphatic carbocycles. The third-order valence-corrected chi connectivity index (χ3v) is 2.40. The van der Waals surface area contributed by atoms with Crippen molar-refractivity contribution >= 4 is 17.4 Å². The van der Waals surface area contributed by atoms with Gasteiger partial charge in [-0.25, -0.2) is 9.97 Å². The summed E-state index contributed by atoms with van der Waals surface area (Å²) in [7, 11) is 0. The molecule has 14 heavy (non-hydrogen) atoms. The average molecular weight is 214 g/mol. The van der Waals surface area contributed by atoms with E-state index in [4.69, 9.17) is 16.3 Å². The van der Waals surface area contributed by atoms with E-state index in [1.54, 1.807) is 6.20 Å². The lowest BCUT2D eigenvalue weighted by Gasteiger charge is -2.09. The maximum Gasteiger partial charge on any atom is 0.224 e. The van der Waals surface area contributed by atoms with Crippen molar-refractivity contribution in [1.29, 1.82) is 0 Å². The molecule has 0 bridgehead atoms. The van der Waals surface area contributed by atoms with Crippen LogP contribution in [0.15, 0.2) is 12.3 Å². The van der Waals surface area contributed by atoms with Crippen LogP contribution in [0.1, 0.15) is 6.42 Å². The summed E-state index contributed by atoms with van der Waals surface area (Å²) in [4.78, 5) is 7.85. The van der Waals surface area contributed by atoms with Crippen LogP contribution in [0.5, 0.6) is 0 Å². The van der Waals surface area contributed by atoms with Crippen LogP contribution in [-0.4, -0.2) is 29.7 Å². The van der Waals surface area contributed by atoms with Crippen molar-refractivity contribution in [2.45, 2.75) is 6.42 Å². The number of rotatable bonds is 3. The number of hydrogen-bond acceptors (Lipinski definition) is 4. The van der Waals surface area contributed by atoms with Crippen molar-refractivity contribution in [1.82, 2.24) is 9.97 Å². The Labute approximate surface area is 87.7 Å². The number of anilines is 1. The Morgan fingerprint density at radius 3 is 3.29 bits per heavy atom. The minimum Gasteiger partial charge on any atom is -0.381 e. The maximum absolute atomic E-state index is 5.65. The fourth-order valence-electron chi connectivity index (χ4n) is 1.43. The number of nitrogens with one attached hydrogen (secondary N) is 1. The first-order valence-corrected chi connectivity index (χ1v) is 5.02. The smallest absolute Gasteiger partial charge is 0.224 e. The number of hydrogen-bond donors (Lipinski definition) is 1. The van der Waals surface area contributed by atoms with Gasteiger partial charge in [-0.05, 0) is 24.1 Å². The summed E-state index contributed by atoms with van der Waals surface area (Å²) in [6, 6.07) is 1.81. The van der Waals surface area contributed by atoms with Gasteiger partial charge in [0.1, 0.15) is 5.82 Å². The largest absolute Gasteiger partial charge is 0.381 e. The highest BCUT2D eigenvalue weighted by Gasteiger charge is 2.15. The SMILES string of the molecule is Clc1nccc(NCC2CCOC2)n1.